The van der Waals surface area contributed by atoms with E-state index >= 15 is 0 Å². The smallest absolute Gasteiger partial charge is 0.263 e. The fourth-order valence-electron chi connectivity index (χ4n) is 2.50. The number of benzene rings is 1. The molecule has 0 unspecified atom stereocenters. The Morgan fingerprint density at radius 3 is 2.71 bits per heavy atom. The molecule has 120 valence electrons. The highest BCUT2D eigenvalue weighted by molar-refractivity contribution is 5.87. The predicted octanol–water partition coefficient (Wildman–Crippen LogP) is 3.50. The molecular formula is C17H15N5O2. The van der Waals surface area contributed by atoms with Gasteiger partial charge in [-0.1, -0.05) is 23.4 Å². The van der Waals surface area contributed by atoms with E-state index in [9.17, 15) is 0 Å². The van der Waals surface area contributed by atoms with Gasteiger partial charge in [0, 0.05) is 5.56 Å². The highest BCUT2D eigenvalue weighted by Gasteiger charge is 2.14. The van der Waals surface area contributed by atoms with Crippen LogP contribution >= 0.6 is 0 Å². The van der Waals surface area contributed by atoms with Gasteiger partial charge in [0.1, 0.15) is 23.3 Å². The second kappa shape index (κ2) is 5.77. The van der Waals surface area contributed by atoms with E-state index in [0.717, 1.165) is 22.3 Å². The van der Waals surface area contributed by atoms with Gasteiger partial charge in [-0.3, -0.25) is 0 Å². The monoisotopic (exact) mass is 321 g/mol. The molecule has 1 aromatic carbocycles. The van der Waals surface area contributed by atoms with Crippen LogP contribution in [0.25, 0.3) is 22.6 Å². The maximum Gasteiger partial charge on any atom is 0.263 e. The number of aryl methyl sites for hydroxylation is 2. The number of hydrogen-bond acceptors (Lipinski definition) is 7. The van der Waals surface area contributed by atoms with Crippen LogP contribution in [-0.4, -0.2) is 20.1 Å². The zero-order valence-electron chi connectivity index (χ0n) is 13.3. The molecule has 0 aliphatic carbocycles. The second-order valence-corrected chi connectivity index (χ2v) is 5.43. The van der Waals surface area contributed by atoms with Crippen LogP contribution in [0.15, 0.2) is 45.5 Å². The van der Waals surface area contributed by atoms with Crippen molar-refractivity contribution in [3.63, 3.8) is 0 Å². The number of fused-ring (bicyclic) bond motifs is 1. The lowest BCUT2D eigenvalue weighted by Gasteiger charge is -2.05. The largest absolute Gasteiger partial charge is 0.444 e. The Morgan fingerprint density at radius 2 is 1.88 bits per heavy atom. The van der Waals surface area contributed by atoms with Crippen LogP contribution in [0.2, 0.25) is 0 Å². The normalized spacial score (nSPS) is 11.1. The Bertz CT molecular complexity index is 991. The van der Waals surface area contributed by atoms with Crippen LogP contribution in [0.5, 0.6) is 0 Å². The van der Waals surface area contributed by atoms with Gasteiger partial charge in [-0.25, -0.2) is 9.97 Å². The van der Waals surface area contributed by atoms with E-state index in [-0.39, 0.29) is 0 Å². The Hall–Kier alpha value is -3.22. The summed E-state index contributed by atoms with van der Waals surface area (Å²) in [6.45, 7) is 4.15. The van der Waals surface area contributed by atoms with Gasteiger partial charge in [0.2, 0.25) is 5.89 Å². The van der Waals surface area contributed by atoms with Crippen LogP contribution in [0.4, 0.5) is 5.82 Å². The van der Waals surface area contributed by atoms with Gasteiger partial charge in [-0.05, 0) is 26.0 Å². The first-order valence-electron chi connectivity index (χ1n) is 7.55. The molecule has 0 aliphatic heterocycles. The summed E-state index contributed by atoms with van der Waals surface area (Å²) in [6, 6.07) is 9.78. The molecule has 0 spiro atoms. The summed E-state index contributed by atoms with van der Waals surface area (Å²) in [5.41, 5.74) is 2.96. The number of hydrogen-bond donors (Lipinski definition) is 1. The molecule has 0 fully saturated rings. The average Bonchev–Trinajstić information content (AvgIpc) is 3.21. The molecule has 7 heteroatoms. The standard InChI is InChI=1S/C17H15N5O2/c1-10-14-15(19-11(2)20-17(14)24-22-10)18-8-13-9-23-16(21-13)12-6-4-3-5-7-12/h3-7,9H,8H2,1-2H3,(H,18,19,20). The summed E-state index contributed by atoms with van der Waals surface area (Å²) < 4.78 is 10.8. The number of anilines is 1. The molecule has 0 saturated heterocycles. The van der Waals surface area contributed by atoms with Crippen molar-refractivity contribution in [2.24, 2.45) is 0 Å². The summed E-state index contributed by atoms with van der Waals surface area (Å²) in [4.78, 5) is 13.2. The third-order valence-electron chi connectivity index (χ3n) is 3.63. The molecule has 3 aromatic heterocycles. The van der Waals surface area contributed by atoms with Gasteiger partial charge in [-0.15, -0.1) is 0 Å². The van der Waals surface area contributed by atoms with Gasteiger partial charge in [0.05, 0.1) is 17.9 Å². The van der Waals surface area contributed by atoms with Crippen LogP contribution < -0.4 is 5.32 Å². The minimum Gasteiger partial charge on any atom is -0.444 e. The van der Waals surface area contributed by atoms with Crippen molar-refractivity contribution >= 4 is 16.9 Å². The SMILES string of the molecule is Cc1nc(NCc2coc(-c3ccccc3)n2)c2c(C)noc2n1. The maximum absolute atomic E-state index is 5.54. The highest BCUT2D eigenvalue weighted by atomic mass is 16.5. The molecule has 0 radical (unpaired) electrons. The molecule has 0 amide bonds. The van der Waals surface area contributed by atoms with Crippen molar-refractivity contribution in [3.8, 4) is 11.5 Å². The Labute approximate surface area is 137 Å². The predicted molar refractivity (Wildman–Crippen MR) is 88.3 cm³/mol. The average molecular weight is 321 g/mol. The van der Waals surface area contributed by atoms with Crippen LogP contribution in [0.1, 0.15) is 17.2 Å². The first-order valence-corrected chi connectivity index (χ1v) is 7.55. The van der Waals surface area contributed by atoms with Crippen molar-refractivity contribution in [1.82, 2.24) is 20.1 Å². The van der Waals surface area contributed by atoms with Gasteiger partial charge in [0.25, 0.3) is 5.71 Å². The highest BCUT2D eigenvalue weighted by Crippen LogP contribution is 2.24. The van der Waals surface area contributed by atoms with E-state index in [1.165, 1.54) is 0 Å². The summed E-state index contributed by atoms with van der Waals surface area (Å²) in [5.74, 6) is 1.89. The van der Waals surface area contributed by atoms with Crippen molar-refractivity contribution in [2.45, 2.75) is 20.4 Å². The van der Waals surface area contributed by atoms with Crippen LogP contribution in [0.3, 0.4) is 0 Å². The molecule has 0 atom stereocenters. The number of aromatic nitrogens is 4. The molecule has 24 heavy (non-hydrogen) atoms. The summed E-state index contributed by atoms with van der Waals surface area (Å²) >= 11 is 0. The molecule has 1 N–H and O–H groups in total. The zero-order valence-corrected chi connectivity index (χ0v) is 13.3. The lowest BCUT2D eigenvalue weighted by molar-refractivity contribution is 0.442. The van der Waals surface area contributed by atoms with Gasteiger partial charge in [0.15, 0.2) is 0 Å². The summed E-state index contributed by atoms with van der Waals surface area (Å²) in [5, 5.41) is 7.99. The number of nitrogens with zero attached hydrogens (tertiary/aromatic N) is 4. The van der Waals surface area contributed by atoms with Crippen molar-refractivity contribution < 1.29 is 8.94 Å². The molecular weight excluding hydrogens is 306 g/mol. The van der Waals surface area contributed by atoms with E-state index in [0.29, 0.717) is 29.8 Å². The molecule has 3 heterocycles. The number of oxazole rings is 1. The van der Waals surface area contributed by atoms with Crippen molar-refractivity contribution in [2.75, 3.05) is 5.32 Å². The molecule has 7 nitrogen and oxygen atoms in total. The summed E-state index contributed by atoms with van der Waals surface area (Å²) in [6.07, 6.45) is 1.64. The van der Waals surface area contributed by atoms with E-state index in [1.54, 1.807) is 6.26 Å². The van der Waals surface area contributed by atoms with E-state index in [4.69, 9.17) is 8.94 Å². The lowest BCUT2D eigenvalue weighted by atomic mass is 10.2. The minimum atomic E-state index is 0.479. The Balaban J connectivity index is 1.58. The van der Waals surface area contributed by atoms with Gasteiger partial charge in [-0.2, -0.15) is 4.98 Å². The van der Waals surface area contributed by atoms with E-state index < -0.39 is 0 Å². The van der Waals surface area contributed by atoms with Crippen molar-refractivity contribution in [1.29, 1.82) is 0 Å². The fraction of sp³-hybridized carbons (Fsp3) is 0.176. The van der Waals surface area contributed by atoms with E-state index in [1.807, 2.05) is 44.2 Å². The molecule has 0 saturated carbocycles. The lowest BCUT2D eigenvalue weighted by Crippen LogP contribution is -2.04. The van der Waals surface area contributed by atoms with Crippen LogP contribution in [-0.2, 0) is 6.54 Å². The molecule has 4 aromatic rings. The first-order chi connectivity index (χ1) is 11.7. The molecule has 4 rings (SSSR count). The third kappa shape index (κ3) is 2.60. The van der Waals surface area contributed by atoms with Crippen molar-refractivity contribution in [3.05, 3.63) is 53.8 Å². The zero-order chi connectivity index (χ0) is 16.5. The Morgan fingerprint density at radius 1 is 1.04 bits per heavy atom. The maximum atomic E-state index is 5.54. The molecule has 0 aliphatic rings. The summed E-state index contributed by atoms with van der Waals surface area (Å²) in [7, 11) is 0. The molecule has 0 bridgehead atoms. The topological polar surface area (TPSA) is 89.9 Å². The van der Waals surface area contributed by atoms with E-state index in [2.05, 4.69) is 25.4 Å². The minimum absolute atomic E-state index is 0.479. The third-order valence-corrected chi connectivity index (χ3v) is 3.63. The Kier molecular flexibility index (Phi) is 3.45. The second-order valence-electron chi connectivity index (χ2n) is 5.43. The number of rotatable bonds is 4. The first kappa shape index (κ1) is 14.4. The fourth-order valence-corrected chi connectivity index (χ4v) is 2.50. The number of nitrogens with one attached hydrogen (secondary N) is 1. The van der Waals surface area contributed by atoms with Crippen LogP contribution in [0, 0.1) is 13.8 Å². The van der Waals surface area contributed by atoms with Gasteiger partial charge < -0.3 is 14.3 Å². The quantitative estimate of drug-likeness (QED) is 0.615. The van der Waals surface area contributed by atoms with Gasteiger partial charge >= 0.3 is 0 Å².